The average molecular weight is 557 g/mol. The molecule has 0 aliphatic heterocycles. The highest BCUT2D eigenvalue weighted by molar-refractivity contribution is 7.92. The van der Waals surface area contributed by atoms with Crippen molar-refractivity contribution in [3.8, 4) is 17.2 Å². The molecular weight excluding hydrogens is 520 g/mol. The van der Waals surface area contributed by atoms with E-state index in [1.54, 1.807) is 7.11 Å². The summed E-state index contributed by atoms with van der Waals surface area (Å²) in [6.45, 7) is 2.74. The zero-order chi connectivity index (χ0) is 28.7. The Morgan fingerprint density at radius 1 is 1.03 bits per heavy atom. The largest absolute Gasteiger partial charge is 0.506 e. The van der Waals surface area contributed by atoms with Gasteiger partial charge in [-0.25, -0.2) is 18.9 Å². The molecule has 1 unspecified atom stereocenters. The SMILES string of the molecule is COc1ccc(C(C)C(=O)N(NCCc2ccc(O)c(NS(C)(=O)=O)c2O)c2ccccc2)cc1CN(C)C. The van der Waals surface area contributed by atoms with Crippen LogP contribution in [0.4, 0.5) is 11.4 Å². The van der Waals surface area contributed by atoms with Crippen LogP contribution in [0.1, 0.15) is 29.5 Å². The molecule has 0 spiro atoms. The number of nitrogens with zero attached hydrogens (tertiary/aromatic N) is 2. The quantitative estimate of drug-likeness (QED) is 0.197. The van der Waals surface area contributed by atoms with Crippen molar-refractivity contribution < 1.29 is 28.2 Å². The van der Waals surface area contributed by atoms with Gasteiger partial charge in [0.15, 0.2) is 0 Å². The number of ether oxygens (including phenoxy) is 1. The number of amides is 1. The summed E-state index contributed by atoms with van der Waals surface area (Å²) in [5.74, 6) is -0.685. The number of hydrogen-bond acceptors (Lipinski definition) is 8. The molecule has 0 fully saturated rings. The molecule has 4 N–H and O–H groups in total. The summed E-state index contributed by atoms with van der Waals surface area (Å²) < 4.78 is 30.9. The molecule has 1 atom stereocenters. The predicted octanol–water partition coefficient (Wildman–Crippen LogP) is 3.42. The third-order valence-electron chi connectivity index (χ3n) is 6.09. The van der Waals surface area contributed by atoms with Crippen LogP contribution in [-0.2, 0) is 27.8 Å². The van der Waals surface area contributed by atoms with Gasteiger partial charge in [-0.2, -0.15) is 0 Å². The minimum atomic E-state index is -3.72. The molecule has 1 amide bonds. The van der Waals surface area contributed by atoms with Gasteiger partial charge in [-0.15, -0.1) is 0 Å². The van der Waals surface area contributed by atoms with Crippen molar-refractivity contribution in [2.24, 2.45) is 0 Å². The van der Waals surface area contributed by atoms with E-state index >= 15 is 0 Å². The van der Waals surface area contributed by atoms with Crippen LogP contribution in [0.15, 0.2) is 60.7 Å². The van der Waals surface area contributed by atoms with Gasteiger partial charge in [-0.05, 0) is 62.8 Å². The zero-order valence-electron chi connectivity index (χ0n) is 22.8. The lowest BCUT2D eigenvalue weighted by Gasteiger charge is -2.27. The Morgan fingerprint density at radius 2 is 1.72 bits per heavy atom. The Labute approximate surface area is 229 Å². The first kappa shape index (κ1) is 29.8. The second-order valence-corrected chi connectivity index (χ2v) is 11.3. The van der Waals surface area contributed by atoms with E-state index in [4.69, 9.17) is 4.74 Å². The number of methoxy groups -OCH3 is 1. The molecule has 0 radical (unpaired) electrons. The lowest BCUT2D eigenvalue weighted by molar-refractivity contribution is -0.120. The van der Waals surface area contributed by atoms with Gasteiger partial charge in [0.1, 0.15) is 22.9 Å². The van der Waals surface area contributed by atoms with Crippen LogP contribution in [0.5, 0.6) is 17.2 Å². The standard InChI is InChI=1S/C28H36N4O6S/c1-19(21-12-14-25(38-4)22(17-21)18-31(2)3)28(35)32(23-9-7-6-8-10-23)29-16-15-20-11-13-24(33)26(27(20)34)30-39(5,36)37/h6-14,17,19,29-30,33-34H,15-16,18H2,1-5H3. The highest BCUT2D eigenvalue weighted by atomic mass is 32.2. The third kappa shape index (κ3) is 7.85. The number of para-hydroxylation sites is 1. The van der Waals surface area contributed by atoms with Crippen molar-refractivity contribution in [1.82, 2.24) is 10.3 Å². The highest BCUT2D eigenvalue weighted by Gasteiger charge is 2.25. The Kier molecular flexibility index (Phi) is 9.79. The second kappa shape index (κ2) is 12.8. The number of phenolic OH excluding ortho intramolecular Hbond substituents is 2. The molecule has 39 heavy (non-hydrogen) atoms. The number of rotatable bonds is 12. The van der Waals surface area contributed by atoms with Gasteiger partial charge in [0, 0.05) is 18.7 Å². The summed E-state index contributed by atoms with van der Waals surface area (Å²) in [5.41, 5.74) is 5.72. The molecule has 11 heteroatoms. The molecule has 3 aromatic rings. The maximum absolute atomic E-state index is 13.8. The Balaban J connectivity index is 1.83. The monoisotopic (exact) mass is 556 g/mol. The van der Waals surface area contributed by atoms with Gasteiger partial charge in [0.25, 0.3) is 0 Å². The Hall–Kier alpha value is -3.80. The van der Waals surface area contributed by atoms with E-state index in [2.05, 4.69) is 10.1 Å². The summed E-state index contributed by atoms with van der Waals surface area (Å²) in [6.07, 6.45) is 1.17. The van der Waals surface area contributed by atoms with E-state index < -0.39 is 21.7 Å². The number of anilines is 2. The molecule has 0 heterocycles. The van der Waals surface area contributed by atoms with Gasteiger partial charge >= 0.3 is 0 Å². The second-order valence-electron chi connectivity index (χ2n) is 9.54. The average Bonchev–Trinajstić information content (AvgIpc) is 2.89. The fourth-order valence-corrected chi connectivity index (χ4v) is 4.73. The highest BCUT2D eigenvalue weighted by Crippen LogP contribution is 2.37. The van der Waals surface area contributed by atoms with E-state index in [1.807, 2.05) is 74.4 Å². The van der Waals surface area contributed by atoms with Crippen LogP contribution >= 0.6 is 0 Å². The van der Waals surface area contributed by atoms with E-state index in [9.17, 15) is 23.4 Å². The molecule has 0 aliphatic carbocycles. The molecule has 3 aromatic carbocycles. The van der Waals surface area contributed by atoms with Crippen molar-refractivity contribution >= 4 is 27.3 Å². The first-order valence-electron chi connectivity index (χ1n) is 12.4. The minimum Gasteiger partial charge on any atom is -0.506 e. The Morgan fingerprint density at radius 3 is 2.33 bits per heavy atom. The molecule has 0 bridgehead atoms. The summed E-state index contributed by atoms with van der Waals surface area (Å²) in [7, 11) is 1.83. The van der Waals surface area contributed by atoms with Crippen molar-refractivity contribution in [2.45, 2.75) is 25.8 Å². The zero-order valence-corrected chi connectivity index (χ0v) is 23.6. The normalized spacial score (nSPS) is 12.3. The van der Waals surface area contributed by atoms with Gasteiger partial charge in [0.2, 0.25) is 15.9 Å². The lowest BCUT2D eigenvalue weighted by Crippen LogP contribution is -2.46. The van der Waals surface area contributed by atoms with Crippen LogP contribution in [-0.4, -0.2) is 63.4 Å². The molecule has 210 valence electrons. The first-order valence-corrected chi connectivity index (χ1v) is 14.3. The van der Waals surface area contributed by atoms with Crippen molar-refractivity contribution in [3.05, 3.63) is 77.4 Å². The molecule has 10 nitrogen and oxygen atoms in total. The minimum absolute atomic E-state index is 0.184. The van der Waals surface area contributed by atoms with E-state index in [0.717, 1.165) is 23.1 Å². The van der Waals surface area contributed by atoms with Crippen LogP contribution in [0, 0.1) is 0 Å². The number of aromatic hydroxyl groups is 2. The number of carbonyl (C=O) groups excluding carboxylic acids is 1. The first-order chi connectivity index (χ1) is 18.4. The molecule has 0 saturated heterocycles. The molecule has 0 saturated carbocycles. The van der Waals surface area contributed by atoms with Crippen molar-refractivity contribution in [1.29, 1.82) is 0 Å². The van der Waals surface area contributed by atoms with Crippen LogP contribution in [0.2, 0.25) is 0 Å². The molecular formula is C28H36N4O6S. The van der Waals surface area contributed by atoms with E-state index in [-0.39, 0.29) is 30.3 Å². The number of nitrogens with one attached hydrogen (secondary N) is 2. The van der Waals surface area contributed by atoms with Gasteiger partial charge in [-0.3, -0.25) is 9.52 Å². The summed E-state index contributed by atoms with van der Waals surface area (Å²) >= 11 is 0. The summed E-state index contributed by atoms with van der Waals surface area (Å²) in [6, 6.07) is 17.7. The number of hydrogen-bond donors (Lipinski definition) is 4. The summed E-state index contributed by atoms with van der Waals surface area (Å²) in [5, 5.41) is 22.1. The molecule has 3 rings (SSSR count). The van der Waals surface area contributed by atoms with Crippen LogP contribution in [0.3, 0.4) is 0 Å². The van der Waals surface area contributed by atoms with Crippen LogP contribution in [0.25, 0.3) is 0 Å². The smallest absolute Gasteiger partial charge is 0.248 e. The number of sulfonamides is 1. The fraction of sp³-hybridized carbons (Fsp3) is 0.321. The lowest BCUT2D eigenvalue weighted by atomic mass is 9.97. The topological polar surface area (TPSA) is 131 Å². The number of phenols is 2. The van der Waals surface area contributed by atoms with E-state index in [0.29, 0.717) is 17.8 Å². The molecule has 0 aliphatic rings. The van der Waals surface area contributed by atoms with Gasteiger partial charge in [-0.1, -0.05) is 36.4 Å². The predicted molar refractivity (Wildman–Crippen MR) is 153 cm³/mol. The third-order valence-corrected chi connectivity index (χ3v) is 6.66. The summed E-state index contributed by atoms with van der Waals surface area (Å²) in [4.78, 5) is 15.8. The maximum atomic E-state index is 13.8. The number of carbonyl (C=O) groups is 1. The number of benzene rings is 3. The maximum Gasteiger partial charge on any atom is 0.248 e. The van der Waals surface area contributed by atoms with E-state index in [1.165, 1.54) is 17.1 Å². The van der Waals surface area contributed by atoms with Crippen molar-refractivity contribution in [3.63, 3.8) is 0 Å². The molecule has 0 aromatic heterocycles. The fourth-order valence-electron chi connectivity index (χ4n) is 4.16. The van der Waals surface area contributed by atoms with Crippen LogP contribution < -0.4 is 19.9 Å². The van der Waals surface area contributed by atoms with Crippen molar-refractivity contribution in [2.75, 3.05) is 43.7 Å². The Bertz CT molecular complexity index is 1400. The number of hydrazine groups is 1. The van der Waals surface area contributed by atoms with Gasteiger partial charge in [0.05, 0.1) is 25.0 Å². The van der Waals surface area contributed by atoms with Gasteiger partial charge < -0.3 is 19.8 Å².